The average Bonchev–Trinajstić information content (AvgIpc) is 3.16. The summed E-state index contributed by atoms with van der Waals surface area (Å²) in [6.07, 6.45) is -1.99. The lowest BCUT2D eigenvalue weighted by Crippen LogP contribution is -2.32. The first-order valence-electron chi connectivity index (χ1n) is 16.2. The van der Waals surface area contributed by atoms with Crippen LogP contribution in [0.5, 0.6) is 0 Å². The van der Waals surface area contributed by atoms with Crippen LogP contribution >= 0.6 is 11.6 Å². The fraction of sp³-hybridized carbons (Fsp3) is 0.286. The van der Waals surface area contributed by atoms with E-state index in [4.69, 9.17) is 11.6 Å². The van der Waals surface area contributed by atoms with Gasteiger partial charge in [-0.05, 0) is 41.5 Å². The van der Waals surface area contributed by atoms with Crippen molar-refractivity contribution in [2.45, 2.75) is 51.4 Å². The summed E-state index contributed by atoms with van der Waals surface area (Å²) < 4.78 is 75.4. The van der Waals surface area contributed by atoms with Crippen molar-refractivity contribution in [2.24, 2.45) is 0 Å². The van der Waals surface area contributed by atoms with Crippen LogP contribution in [-0.2, 0) is 51.4 Å². The number of fused-ring (bicyclic) bond motifs is 2. The van der Waals surface area contributed by atoms with Gasteiger partial charge in [-0.15, -0.1) is 0 Å². The summed E-state index contributed by atoms with van der Waals surface area (Å²) in [5, 5.41) is 19.5. The predicted molar refractivity (Wildman–Crippen MR) is 184 cm³/mol. The number of aromatic nitrogens is 6. The van der Waals surface area contributed by atoms with Crippen molar-refractivity contribution in [1.82, 2.24) is 35.2 Å². The number of benzene rings is 1. The first-order valence-corrected chi connectivity index (χ1v) is 16.6. The summed E-state index contributed by atoms with van der Waals surface area (Å²) in [6.45, 7) is 3.35. The summed E-state index contributed by atoms with van der Waals surface area (Å²) in [6, 6.07) is 12.1. The van der Waals surface area contributed by atoms with Crippen molar-refractivity contribution < 1.29 is 26.3 Å². The van der Waals surface area contributed by atoms with E-state index in [9.17, 15) is 31.6 Å². The highest BCUT2D eigenvalue weighted by Crippen LogP contribution is 2.32. The van der Waals surface area contributed by atoms with E-state index in [2.05, 4.69) is 56.8 Å². The zero-order chi connectivity index (χ0) is 37.6. The van der Waals surface area contributed by atoms with E-state index >= 15 is 0 Å². The van der Waals surface area contributed by atoms with Gasteiger partial charge in [0.1, 0.15) is 41.7 Å². The highest BCUT2D eigenvalue weighted by atomic mass is 35.5. The molecule has 5 aromatic rings. The Morgan fingerprint density at radius 1 is 0.755 bits per heavy atom. The van der Waals surface area contributed by atoms with E-state index in [1.54, 1.807) is 12.1 Å². The molecule has 3 N–H and O–H groups in total. The molecule has 6 heterocycles. The SMILES string of the molecule is FC(F)(F)c1ccc(CNc2ncnc3c2CNCC3)cn1.N#Cc1cc(Cl)ccc1N1CCc2ncnc(NCc3ccc(C(F)(F)F)nc3)c2C1. The van der Waals surface area contributed by atoms with Crippen molar-refractivity contribution in [3.05, 3.63) is 123 Å². The quantitative estimate of drug-likeness (QED) is 0.152. The Kier molecular flexibility index (Phi) is 11.2. The summed E-state index contributed by atoms with van der Waals surface area (Å²) in [4.78, 5) is 26.1. The second kappa shape index (κ2) is 16.0. The predicted octanol–water partition coefficient (Wildman–Crippen LogP) is 6.74. The van der Waals surface area contributed by atoms with Crippen molar-refractivity contribution in [1.29, 1.82) is 5.26 Å². The maximum absolute atomic E-state index is 12.7. The minimum absolute atomic E-state index is 0.263. The number of pyridine rings is 2. The Morgan fingerprint density at radius 2 is 1.34 bits per heavy atom. The smallest absolute Gasteiger partial charge is 0.366 e. The van der Waals surface area contributed by atoms with E-state index < -0.39 is 23.7 Å². The fourth-order valence-corrected chi connectivity index (χ4v) is 5.93. The first kappa shape index (κ1) is 37.2. The molecule has 0 amide bonds. The van der Waals surface area contributed by atoms with E-state index in [0.29, 0.717) is 65.9 Å². The van der Waals surface area contributed by atoms with Crippen LogP contribution in [-0.4, -0.2) is 43.0 Å². The Balaban J connectivity index is 0.000000192. The number of anilines is 3. The number of nitrogens with zero attached hydrogens (tertiary/aromatic N) is 8. The number of halogens is 7. The molecule has 274 valence electrons. The van der Waals surface area contributed by atoms with Crippen molar-refractivity contribution in [2.75, 3.05) is 28.6 Å². The topological polar surface area (TPSA) is 140 Å². The summed E-state index contributed by atoms with van der Waals surface area (Å²) in [7, 11) is 0. The van der Waals surface area contributed by atoms with Crippen LogP contribution in [0.2, 0.25) is 5.02 Å². The van der Waals surface area contributed by atoms with Crippen LogP contribution in [0.15, 0.2) is 67.5 Å². The molecule has 18 heteroatoms. The molecule has 0 saturated carbocycles. The molecule has 0 bridgehead atoms. The monoisotopic (exact) mass is 753 g/mol. The van der Waals surface area contributed by atoms with Crippen LogP contribution in [0.3, 0.4) is 0 Å². The van der Waals surface area contributed by atoms with Gasteiger partial charge in [0.2, 0.25) is 0 Å². The largest absolute Gasteiger partial charge is 0.433 e. The zero-order valence-corrected chi connectivity index (χ0v) is 28.5. The van der Waals surface area contributed by atoms with Gasteiger partial charge < -0.3 is 20.9 Å². The number of hydrogen-bond donors (Lipinski definition) is 3. The van der Waals surface area contributed by atoms with E-state index in [1.165, 1.54) is 37.2 Å². The van der Waals surface area contributed by atoms with Gasteiger partial charge in [0, 0.05) is 80.7 Å². The molecule has 0 aliphatic carbocycles. The lowest BCUT2D eigenvalue weighted by Gasteiger charge is -2.31. The molecule has 0 radical (unpaired) electrons. The standard InChI is InChI=1S/C21H16ClF3N6.C14H14F3N5/c22-15-2-3-18(14(7-15)8-26)31-6-5-17-16(11-31)20(30-12-29-17)28-10-13-1-4-19(27-9-13)21(23,24)25;15-14(16,17)12-2-1-9(5-19-12)6-20-13-10-7-18-4-3-11(10)21-8-22-13/h1-4,7,9,12H,5-6,10-11H2,(H,28,29,30);1-2,5,8,18H,3-4,6-7H2,(H,20,21,22). The molecule has 0 spiro atoms. The Morgan fingerprint density at radius 3 is 1.89 bits per heavy atom. The minimum atomic E-state index is -4.47. The van der Waals surface area contributed by atoms with Gasteiger partial charge in [0.05, 0.1) is 22.6 Å². The first-order chi connectivity index (χ1) is 25.4. The fourth-order valence-electron chi connectivity index (χ4n) is 5.76. The van der Waals surface area contributed by atoms with Crippen molar-refractivity contribution in [3.8, 4) is 6.07 Å². The van der Waals surface area contributed by atoms with Crippen molar-refractivity contribution >= 4 is 28.9 Å². The third-order valence-corrected chi connectivity index (χ3v) is 8.68. The highest BCUT2D eigenvalue weighted by molar-refractivity contribution is 6.30. The van der Waals surface area contributed by atoms with Crippen LogP contribution in [0.1, 0.15) is 50.6 Å². The lowest BCUT2D eigenvalue weighted by atomic mass is 10.0. The van der Waals surface area contributed by atoms with Gasteiger partial charge in [0.15, 0.2) is 0 Å². The van der Waals surface area contributed by atoms with Gasteiger partial charge in [0.25, 0.3) is 0 Å². The summed E-state index contributed by atoms with van der Waals surface area (Å²) in [5.74, 6) is 1.30. The normalized spacial score (nSPS) is 13.9. The number of hydrogen-bond acceptors (Lipinski definition) is 11. The van der Waals surface area contributed by atoms with Crippen LogP contribution < -0.4 is 20.9 Å². The molecule has 1 aromatic carbocycles. The molecule has 0 fully saturated rings. The van der Waals surface area contributed by atoms with E-state index in [1.807, 2.05) is 6.07 Å². The summed E-state index contributed by atoms with van der Waals surface area (Å²) >= 11 is 6.01. The summed E-state index contributed by atoms with van der Waals surface area (Å²) in [5.41, 5.74) is 4.48. The third kappa shape index (κ3) is 9.26. The molecule has 0 saturated heterocycles. The molecule has 53 heavy (non-hydrogen) atoms. The van der Waals surface area contributed by atoms with Crippen LogP contribution in [0.25, 0.3) is 0 Å². The van der Waals surface area contributed by atoms with Crippen molar-refractivity contribution in [3.63, 3.8) is 0 Å². The van der Waals surface area contributed by atoms with E-state index in [-0.39, 0.29) is 6.54 Å². The Hall–Kier alpha value is -5.60. The van der Waals surface area contributed by atoms with Gasteiger partial charge >= 0.3 is 12.4 Å². The molecule has 11 nitrogen and oxygen atoms in total. The number of nitriles is 1. The number of alkyl halides is 6. The molecule has 2 aliphatic rings. The van der Waals surface area contributed by atoms with E-state index in [0.717, 1.165) is 53.3 Å². The molecular formula is C35H30ClF6N11. The molecule has 7 rings (SSSR count). The van der Waals surface area contributed by atoms with Gasteiger partial charge in [-0.3, -0.25) is 9.97 Å². The zero-order valence-electron chi connectivity index (χ0n) is 27.7. The molecule has 2 aliphatic heterocycles. The maximum Gasteiger partial charge on any atom is 0.433 e. The second-order valence-corrected chi connectivity index (χ2v) is 12.4. The Bertz CT molecular complexity index is 2090. The molecule has 0 unspecified atom stereocenters. The highest BCUT2D eigenvalue weighted by Gasteiger charge is 2.33. The number of nitrogens with one attached hydrogen (secondary N) is 3. The molecule has 4 aromatic heterocycles. The molecule has 0 atom stereocenters. The average molecular weight is 754 g/mol. The minimum Gasteiger partial charge on any atom is -0.366 e. The van der Waals surface area contributed by atoms with Gasteiger partial charge in [-0.25, -0.2) is 19.9 Å². The van der Waals surface area contributed by atoms with Crippen LogP contribution in [0.4, 0.5) is 43.7 Å². The lowest BCUT2D eigenvalue weighted by molar-refractivity contribution is -0.142. The number of rotatable bonds is 7. The van der Waals surface area contributed by atoms with Gasteiger partial charge in [-0.2, -0.15) is 31.6 Å². The third-order valence-electron chi connectivity index (χ3n) is 8.45. The van der Waals surface area contributed by atoms with Gasteiger partial charge in [-0.1, -0.05) is 23.7 Å². The Labute approximate surface area is 304 Å². The second-order valence-electron chi connectivity index (χ2n) is 12.0. The molecular weight excluding hydrogens is 724 g/mol. The van der Waals surface area contributed by atoms with Crippen LogP contribution in [0, 0.1) is 11.3 Å². The maximum atomic E-state index is 12.7.